The van der Waals surface area contributed by atoms with E-state index in [-0.39, 0.29) is 6.10 Å². The van der Waals surface area contributed by atoms with Crippen LogP contribution in [0.1, 0.15) is 13.3 Å². The van der Waals surface area contributed by atoms with Gasteiger partial charge in [-0.3, -0.25) is 0 Å². The molecule has 3 nitrogen and oxygen atoms in total. The Morgan fingerprint density at radius 1 is 1.50 bits per heavy atom. The number of aliphatic hydroxyl groups is 1. The number of nitrogens with zero attached hydrogens (tertiary/aromatic N) is 1. The maximum absolute atomic E-state index is 8.41. The van der Waals surface area contributed by atoms with E-state index in [1.54, 1.807) is 6.08 Å². The lowest BCUT2D eigenvalue weighted by molar-refractivity contribution is 0.0898. The molecule has 0 amide bonds. The van der Waals surface area contributed by atoms with Crippen molar-refractivity contribution in [2.24, 2.45) is 0 Å². The van der Waals surface area contributed by atoms with Crippen LogP contribution in [0.25, 0.3) is 0 Å². The smallest absolute Gasteiger partial charge is 0.0777 e. The second kappa shape index (κ2) is 7.13. The quantitative estimate of drug-likeness (QED) is 0.487. The molecule has 0 fully saturated rings. The average Bonchev–Trinajstić information content (AvgIpc) is 1.98. The van der Waals surface area contributed by atoms with Crippen LogP contribution in [0.15, 0.2) is 12.3 Å². The molecule has 1 atom stereocenters. The fourth-order valence-corrected chi connectivity index (χ4v) is 0.827. The van der Waals surface area contributed by atoms with Crippen LogP contribution in [0.4, 0.5) is 0 Å². The van der Waals surface area contributed by atoms with Gasteiger partial charge in [0.05, 0.1) is 12.4 Å². The van der Waals surface area contributed by atoms with Crippen molar-refractivity contribution in [2.45, 2.75) is 19.4 Å². The van der Waals surface area contributed by atoms with E-state index >= 15 is 0 Å². The molecule has 0 bridgehead atoms. The van der Waals surface area contributed by atoms with Gasteiger partial charge in [-0.25, -0.2) is 0 Å². The summed E-state index contributed by atoms with van der Waals surface area (Å²) in [7, 11) is 4.08. The number of rotatable bonds is 6. The summed E-state index contributed by atoms with van der Waals surface area (Å²) in [6.45, 7) is 3.68. The Kier molecular flexibility index (Phi) is 6.81. The summed E-state index contributed by atoms with van der Waals surface area (Å²) in [5.74, 6) is 0. The molecule has 0 aromatic rings. The molecule has 12 heavy (non-hydrogen) atoms. The minimum Gasteiger partial charge on any atom is -0.516 e. The van der Waals surface area contributed by atoms with E-state index in [2.05, 4.69) is 4.90 Å². The highest BCUT2D eigenvalue weighted by atomic mass is 16.5. The molecular weight excluding hydrogens is 154 g/mol. The topological polar surface area (TPSA) is 32.7 Å². The molecule has 1 unspecified atom stereocenters. The van der Waals surface area contributed by atoms with Gasteiger partial charge in [-0.2, -0.15) is 0 Å². The highest BCUT2D eigenvalue weighted by Gasteiger charge is 1.96. The van der Waals surface area contributed by atoms with Gasteiger partial charge in [-0.1, -0.05) is 0 Å². The van der Waals surface area contributed by atoms with Gasteiger partial charge in [0.2, 0.25) is 0 Å². The van der Waals surface area contributed by atoms with Crippen LogP contribution in [0.3, 0.4) is 0 Å². The lowest BCUT2D eigenvalue weighted by atomic mass is 10.4. The lowest BCUT2D eigenvalue weighted by Gasteiger charge is -2.11. The molecule has 0 aromatic carbocycles. The van der Waals surface area contributed by atoms with E-state index in [1.807, 2.05) is 21.0 Å². The average molecular weight is 173 g/mol. The SMILES string of the molecule is CC(/C=C/O)OCCCN(C)C. The first-order valence-electron chi connectivity index (χ1n) is 4.24. The monoisotopic (exact) mass is 173 g/mol. The molecule has 0 saturated carbocycles. The summed E-state index contributed by atoms with van der Waals surface area (Å²) in [6, 6.07) is 0. The highest BCUT2D eigenvalue weighted by Crippen LogP contribution is 1.94. The second-order valence-corrected chi connectivity index (χ2v) is 3.07. The van der Waals surface area contributed by atoms with Crippen LogP contribution in [-0.4, -0.2) is 43.4 Å². The summed E-state index contributed by atoms with van der Waals surface area (Å²) in [6.07, 6.45) is 3.68. The molecule has 1 N–H and O–H groups in total. The van der Waals surface area contributed by atoms with E-state index in [0.717, 1.165) is 25.8 Å². The van der Waals surface area contributed by atoms with Gasteiger partial charge in [-0.05, 0) is 40.1 Å². The molecule has 0 spiro atoms. The molecule has 0 saturated heterocycles. The molecule has 0 heterocycles. The first kappa shape index (κ1) is 11.5. The zero-order valence-electron chi connectivity index (χ0n) is 8.16. The zero-order valence-corrected chi connectivity index (χ0v) is 8.16. The normalized spacial score (nSPS) is 14.3. The summed E-state index contributed by atoms with van der Waals surface area (Å²) in [4.78, 5) is 2.12. The summed E-state index contributed by atoms with van der Waals surface area (Å²) in [5, 5.41) is 8.41. The van der Waals surface area contributed by atoms with E-state index < -0.39 is 0 Å². The Bertz CT molecular complexity index is 124. The third-order valence-electron chi connectivity index (χ3n) is 1.49. The molecule has 72 valence electrons. The molecule has 0 aliphatic rings. The fourth-order valence-electron chi connectivity index (χ4n) is 0.827. The minimum absolute atomic E-state index is 0.0113. The Morgan fingerprint density at radius 3 is 2.67 bits per heavy atom. The summed E-state index contributed by atoms with van der Waals surface area (Å²) in [5.41, 5.74) is 0. The third kappa shape index (κ3) is 7.57. The zero-order chi connectivity index (χ0) is 9.40. The van der Waals surface area contributed by atoms with Crippen molar-refractivity contribution in [1.82, 2.24) is 4.90 Å². The van der Waals surface area contributed by atoms with Crippen LogP contribution in [-0.2, 0) is 4.74 Å². The molecule has 3 heteroatoms. The van der Waals surface area contributed by atoms with Crippen molar-refractivity contribution in [3.63, 3.8) is 0 Å². The first-order chi connectivity index (χ1) is 5.66. The van der Waals surface area contributed by atoms with Crippen molar-refractivity contribution in [3.8, 4) is 0 Å². The summed E-state index contributed by atoms with van der Waals surface area (Å²) < 4.78 is 5.36. The summed E-state index contributed by atoms with van der Waals surface area (Å²) >= 11 is 0. The number of ether oxygens (including phenoxy) is 1. The standard InChI is InChI=1S/C9H19NO2/c1-9(5-7-11)12-8-4-6-10(2)3/h5,7,9,11H,4,6,8H2,1-3H3/b7-5+. The first-order valence-corrected chi connectivity index (χ1v) is 4.24. The van der Waals surface area contributed by atoms with Gasteiger partial charge in [0.25, 0.3) is 0 Å². The Hall–Kier alpha value is -0.540. The van der Waals surface area contributed by atoms with Crippen molar-refractivity contribution in [1.29, 1.82) is 0 Å². The molecule has 0 rings (SSSR count). The number of hydrogen-bond acceptors (Lipinski definition) is 3. The van der Waals surface area contributed by atoms with Gasteiger partial charge >= 0.3 is 0 Å². The number of hydrogen-bond donors (Lipinski definition) is 1. The highest BCUT2D eigenvalue weighted by molar-refractivity contribution is 4.79. The van der Waals surface area contributed by atoms with E-state index in [1.165, 1.54) is 0 Å². The largest absolute Gasteiger partial charge is 0.516 e. The third-order valence-corrected chi connectivity index (χ3v) is 1.49. The van der Waals surface area contributed by atoms with Gasteiger partial charge in [-0.15, -0.1) is 0 Å². The van der Waals surface area contributed by atoms with Gasteiger partial charge in [0.15, 0.2) is 0 Å². The van der Waals surface area contributed by atoms with Crippen molar-refractivity contribution < 1.29 is 9.84 Å². The molecular formula is C9H19NO2. The Morgan fingerprint density at radius 2 is 2.17 bits per heavy atom. The van der Waals surface area contributed by atoms with Gasteiger partial charge in [0, 0.05) is 6.61 Å². The van der Waals surface area contributed by atoms with E-state index in [9.17, 15) is 0 Å². The van der Waals surface area contributed by atoms with Crippen LogP contribution in [0.5, 0.6) is 0 Å². The van der Waals surface area contributed by atoms with Crippen LogP contribution < -0.4 is 0 Å². The van der Waals surface area contributed by atoms with Crippen LogP contribution >= 0.6 is 0 Å². The minimum atomic E-state index is 0.0113. The van der Waals surface area contributed by atoms with Crippen molar-refractivity contribution >= 4 is 0 Å². The molecule has 0 aromatic heterocycles. The van der Waals surface area contributed by atoms with Gasteiger partial charge < -0.3 is 14.7 Å². The Labute approximate surface area is 74.6 Å². The molecule has 0 aliphatic carbocycles. The predicted molar refractivity (Wildman–Crippen MR) is 50.4 cm³/mol. The van der Waals surface area contributed by atoms with Crippen molar-refractivity contribution in [2.75, 3.05) is 27.2 Å². The van der Waals surface area contributed by atoms with E-state index in [0.29, 0.717) is 0 Å². The maximum atomic E-state index is 8.41. The molecule has 0 radical (unpaired) electrons. The second-order valence-electron chi connectivity index (χ2n) is 3.07. The van der Waals surface area contributed by atoms with Crippen molar-refractivity contribution in [3.05, 3.63) is 12.3 Å². The van der Waals surface area contributed by atoms with Crippen LogP contribution in [0.2, 0.25) is 0 Å². The lowest BCUT2D eigenvalue weighted by Crippen LogP contribution is -2.16. The Balaban J connectivity index is 3.19. The van der Waals surface area contributed by atoms with Crippen LogP contribution in [0, 0.1) is 0 Å². The fraction of sp³-hybridized carbons (Fsp3) is 0.778. The number of aliphatic hydroxyl groups excluding tert-OH is 1. The maximum Gasteiger partial charge on any atom is 0.0777 e. The van der Waals surface area contributed by atoms with E-state index in [4.69, 9.17) is 9.84 Å². The van der Waals surface area contributed by atoms with Gasteiger partial charge in [0.1, 0.15) is 0 Å². The molecule has 0 aliphatic heterocycles. The predicted octanol–water partition coefficient (Wildman–Crippen LogP) is 1.41.